The highest BCUT2D eigenvalue weighted by Gasteiger charge is 2.03. The first-order chi connectivity index (χ1) is 6.65. The first kappa shape index (κ1) is 11.0. The molecular weight excluding hydrogens is 181 g/mol. The van der Waals surface area contributed by atoms with Crippen LogP contribution in [0.15, 0.2) is 12.1 Å². The molecular formula is C11H16FNO. The Labute approximate surface area is 84.1 Å². The maximum absolute atomic E-state index is 12.9. The number of nitrogens with one attached hydrogen (secondary N) is 1. The highest BCUT2D eigenvalue weighted by Crippen LogP contribution is 2.20. The predicted octanol–water partition coefficient (Wildman–Crippen LogP) is 2.50. The van der Waals surface area contributed by atoms with Gasteiger partial charge in [0.25, 0.3) is 0 Å². The van der Waals surface area contributed by atoms with Gasteiger partial charge in [0.2, 0.25) is 0 Å². The molecule has 14 heavy (non-hydrogen) atoms. The Balaban J connectivity index is 2.75. The van der Waals surface area contributed by atoms with Crippen molar-refractivity contribution in [2.24, 2.45) is 0 Å². The largest absolute Gasteiger partial charge is 0.383 e. The number of benzene rings is 1. The summed E-state index contributed by atoms with van der Waals surface area (Å²) in [4.78, 5) is 0. The van der Waals surface area contributed by atoms with Crippen LogP contribution in [-0.4, -0.2) is 20.3 Å². The molecule has 1 aromatic carbocycles. The van der Waals surface area contributed by atoms with E-state index in [1.165, 1.54) is 12.1 Å². The van der Waals surface area contributed by atoms with Crippen molar-refractivity contribution in [1.82, 2.24) is 0 Å². The van der Waals surface area contributed by atoms with Gasteiger partial charge in [-0.1, -0.05) is 0 Å². The van der Waals surface area contributed by atoms with Crippen molar-refractivity contribution in [2.45, 2.75) is 13.8 Å². The van der Waals surface area contributed by atoms with Gasteiger partial charge in [-0.15, -0.1) is 0 Å². The molecule has 0 saturated carbocycles. The summed E-state index contributed by atoms with van der Waals surface area (Å²) in [5.41, 5.74) is 2.86. The molecule has 0 aliphatic carbocycles. The Morgan fingerprint density at radius 1 is 1.29 bits per heavy atom. The lowest BCUT2D eigenvalue weighted by Gasteiger charge is -2.12. The normalized spacial score (nSPS) is 10.3. The van der Waals surface area contributed by atoms with Gasteiger partial charge in [-0.2, -0.15) is 0 Å². The van der Waals surface area contributed by atoms with Crippen LogP contribution in [0.2, 0.25) is 0 Å². The van der Waals surface area contributed by atoms with Crippen LogP contribution in [0.25, 0.3) is 0 Å². The van der Waals surface area contributed by atoms with E-state index in [4.69, 9.17) is 4.74 Å². The van der Waals surface area contributed by atoms with E-state index in [0.717, 1.165) is 23.4 Å². The van der Waals surface area contributed by atoms with E-state index in [1.54, 1.807) is 7.11 Å². The Kier molecular flexibility index (Phi) is 3.89. The second kappa shape index (κ2) is 4.96. The van der Waals surface area contributed by atoms with Crippen molar-refractivity contribution in [1.29, 1.82) is 0 Å². The summed E-state index contributed by atoms with van der Waals surface area (Å²) < 4.78 is 17.9. The summed E-state index contributed by atoms with van der Waals surface area (Å²) in [7, 11) is 1.66. The second-order valence-corrected chi connectivity index (χ2v) is 3.33. The van der Waals surface area contributed by atoms with Gasteiger partial charge < -0.3 is 10.1 Å². The molecule has 0 radical (unpaired) electrons. The Hall–Kier alpha value is -1.09. The fourth-order valence-electron chi connectivity index (χ4n) is 1.47. The summed E-state index contributed by atoms with van der Waals surface area (Å²) in [6, 6.07) is 3.06. The van der Waals surface area contributed by atoms with Gasteiger partial charge in [0.05, 0.1) is 6.61 Å². The lowest BCUT2D eigenvalue weighted by atomic mass is 10.1. The van der Waals surface area contributed by atoms with E-state index in [-0.39, 0.29) is 5.82 Å². The molecule has 0 aromatic heterocycles. The number of hydrogen-bond donors (Lipinski definition) is 1. The average molecular weight is 197 g/mol. The van der Waals surface area contributed by atoms with Crippen LogP contribution >= 0.6 is 0 Å². The SMILES string of the molecule is COCCNc1c(C)cc(F)cc1C. The first-order valence-corrected chi connectivity index (χ1v) is 4.64. The van der Waals surface area contributed by atoms with Gasteiger partial charge in [-0.25, -0.2) is 4.39 Å². The third kappa shape index (κ3) is 2.70. The molecule has 0 atom stereocenters. The molecule has 0 spiro atoms. The van der Waals surface area contributed by atoms with E-state index < -0.39 is 0 Å². The van der Waals surface area contributed by atoms with Crippen molar-refractivity contribution >= 4 is 5.69 Å². The monoisotopic (exact) mass is 197 g/mol. The molecule has 2 nitrogen and oxygen atoms in total. The minimum Gasteiger partial charge on any atom is -0.383 e. The first-order valence-electron chi connectivity index (χ1n) is 4.64. The molecule has 0 bridgehead atoms. The molecule has 1 rings (SSSR count). The average Bonchev–Trinajstić information content (AvgIpc) is 2.09. The molecule has 1 aromatic rings. The number of anilines is 1. The number of rotatable bonds is 4. The minimum absolute atomic E-state index is 0.183. The van der Waals surface area contributed by atoms with Gasteiger partial charge in [0.1, 0.15) is 5.82 Å². The molecule has 0 amide bonds. The molecule has 0 unspecified atom stereocenters. The van der Waals surface area contributed by atoms with Gasteiger partial charge >= 0.3 is 0 Å². The summed E-state index contributed by atoms with van der Waals surface area (Å²) in [6.07, 6.45) is 0. The van der Waals surface area contributed by atoms with E-state index in [0.29, 0.717) is 6.61 Å². The van der Waals surface area contributed by atoms with Crippen LogP contribution in [-0.2, 0) is 4.74 Å². The number of ether oxygens (including phenoxy) is 1. The number of methoxy groups -OCH3 is 1. The molecule has 0 aliphatic rings. The van der Waals surface area contributed by atoms with Crippen LogP contribution in [0.4, 0.5) is 10.1 Å². The zero-order valence-electron chi connectivity index (χ0n) is 8.86. The zero-order chi connectivity index (χ0) is 10.6. The molecule has 1 N–H and O–H groups in total. The van der Waals surface area contributed by atoms with Crippen molar-refractivity contribution in [3.63, 3.8) is 0 Å². The van der Waals surface area contributed by atoms with E-state index >= 15 is 0 Å². The summed E-state index contributed by atoms with van der Waals surface area (Å²) in [6.45, 7) is 5.18. The Morgan fingerprint density at radius 3 is 2.36 bits per heavy atom. The maximum Gasteiger partial charge on any atom is 0.123 e. The van der Waals surface area contributed by atoms with Crippen LogP contribution in [0.3, 0.4) is 0 Å². The fraction of sp³-hybridized carbons (Fsp3) is 0.455. The topological polar surface area (TPSA) is 21.3 Å². The number of aryl methyl sites for hydroxylation is 2. The summed E-state index contributed by atoms with van der Waals surface area (Å²) >= 11 is 0. The van der Waals surface area contributed by atoms with Crippen LogP contribution in [0, 0.1) is 19.7 Å². The highest BCUT2D eigenvalue weighted by atomic mass is 19.1. The number of hydrogen-bond acceptors (Lipinski definition) is 2. The zero-order valence-corrected chi connectivity index (χ0v) is 8.86. The van der Waals surface area contributed by atoms with E-state index in [2.05, 4.69) is 5.32 Å². The Morgan fingerprint density at radius 2 is 1.86 bits per heavy atom. The van der Waals surface area contributed by atoms with Crippen molar-refractivity contribution < 1.29 is 9.13 Å². The second-order valence-electron chi connectivity index (χ2n) is 3.33. The quantitative estimate of drug-likeness (QED) is 0.749. The maximum atomic E-state index is 12.9. The minimum atomic E-state index is -0.183. The van der Waals surface area contributed by atoms with Gasteiger partial charge in [0, 0.05) is 19.3 Å². The standard InChI is InChI=1S/C11H16FNO/c1-8-6-10(12)7-9(2)11(8)13-4-5-14-3/h6-7,13H,4-5H2,1-3H3. The summed E-state index contributed by atoms with van der Waals surface area (Å²) in [5.74, 6) is -0.183. The Bertz CT molecular complexity index is 289. The molecule has 0 aliphatic heterocycles. The lowest BCUT2D eigenvalue weighted by Crippen LogP contribution is -2.09. The van der Waals surface area contributed by atoms with E-state index in [9.17, 15) is 4.39 Å². The van der Waals surface area contributed by atoms with Crippen molar-refractivity contribution in [3.05, 3.63) is 29.1 Å². The smallest absolute Gasteiger partial charge is 0.123 e. The molecule has 0 fully saturated rings. The van der Waals surface area contributed by atoms with Crippen molar-refractivity contribution in [2.75, 3.05) is 25.6 Å². The molecule has 3 heteroatoms. The number of halogens is 1. The van der Waals surface area contributed by atoms with Crippen molar-refractivity contribution in [3.8, 4) is 0 Å². The van der Waals surface area contributed by atoms with Gasteiger partial charge in [-0.05, 0) is 37.1 Å². The van der Waals surface area contributed by atoms with Crippen LogP contribution < -0.4 is 5.32 Å². The molecule has 78 valence electrons. The van der Waals surface area contributed by atoms with Gasteiger partial charge in [0.15, 0.2) is 0 Å². The van der Waals surface area contributed by atoms with E-state index in [1.807, 2.05) is 13.8 Å². The molecule has 0 saturated heterocycles. The van der Waals surface area contributed by atoms with Crippen LogP contribution in [0.1, 0.15) is 11.1 Å². The third-order valence-corrected chi connectivity index (χ3v) is 2.11. The predicted molar refractivity (Wildman–Crippen MR) is 56.2 cm³/mol. The highest BCUT2D eigenvalue weighted by molar-refractivity contribution is 5.56. The fourth-order valence-corrected chi connectivity index (χ4v) is 1.47. The third-order valence-electron chi connectivity index (χ3n) is 2.11. The van der Waals surface area contributed by atoms with Gasteiger partial charge in [-0.3, -0.25) is 0 Å². The summed E-state index contributed by atoms with van der Waals surface area (Å²) in [5, 5.41) is 3.22. The lowest BCUT2D eigenvalue weighted by molar-refractivity contribution is 0.211. The van der Waals surface area contributed by atoms with Crippen LogP contribution in [0.5, 0.6) is 0 Å². The molecule has 0 heterocycles.